The lowest BCUT2D eigenvalue weighted by Crippen LogP contribution is -2.50. The molecule has 49 heavy (non-hydrogen) atoms. The first-order valence-corrected chi connectivity index (χ1v) is 17.6. The summed E-state index contributed by atoms with van der Waals surface area (Å²) < 4.78 is 2.32. The van der Waals surface area contributed by atoms with Crippen molar-refractivity contribution in [1.29, 1.82) is 0 Å². The molecule has 10 heteroatoms. The summed E-state index contributed by atoms with van der Waals surface area (Å²) in [6.07, 6.45) is 0.871. The smallest absolute Gasteiger partial charge is 0.139 e. The van der Waals surface area contributed by atoms with Crippen molar-refractivity contribution in [2.24, 2.45) is 0 Å². The zero-order valence-corrected chi connectivity index (χ0v) is 30.3. The van der Waals surface area contributed by atoms with Crippen LogP contribution in [-0.2, 0) is 6.42 Å². The third-order valence-corrected chi connectivity index (χ3v) is 11.8. The van der Waals surface area contributed by atoms with Gasteiger partial charge in [0.05, 0.1) is 11.0 Å². The van der Waals surface area contributed by atoms with Crippen LogP contribution in [0.2, 0.25) is 0 Å². The van der Waals surface area contributed by atoms with E-state index in [4.69, 9.17) is 4.98 Å². The number of aromatic nitrogens is 2. The second-order valence-electron chi connectivity index (χ2n) is 14.1. The normalized spacial score (nSPS) is 11.7. The standard InChI is InChI=1S/C39H36B8N2/c1-2-25-48-23-9-5-6-10-24(23)49(25)22-15-13-19(14-16-22)26-28-30(34(42)38(46)36(44)32(28)40)27(21-12-11-18-7-3-4-8-20(18)17-21)31-29(26)33(41)37(45)39(47)35(31)43/h3-17H,2,40-47H2,1H3. The summed E-state index contributed by atoms with van der Waals surface area (Å²) in [5.41, 5.74) is 19.6. The fourth-order valence-corrected chi connectivity index (χ4v) is 8.43. The van der Waals surface area contributed by atoms with Crippen LogP contribution >= 0.6 is 0 Å². The molecule has 8 aromatic rings. The van der Waals surface area contributed by atoms with Crippen LogP contribution in [0.3, 0.4) is 0 Å². The second kappa shape index (κ2) is 11.7. The number of benzene rings is 7. The predicted molar refractivity (Wildman–Crippen MR) is 239 cm³/mol. The molecule has 0 saturated heterocycles. The van der Waals surface area contributed by atoms with Crippen molar-refractivity contribution in [3.63, 3.8) is 0 Å². The summed E-state index contributed by atoms with van der Waals surface area (Å²) in [4.78, 5) is 4.97. The van der Waals surface area contributed by atoms with Crippen molar-refractivity contribution in [2.75, 3.05) is 0 Å². The van der Waals surface area contributed by atoms with E-state index in [2.05, 4.69) is 165 Å². The maximum atomic E-state index is 4.97. The van der Waals surface area contributed by atoms with Gasteiger partial charge in [0.25, 0.3) is 0 Å². The molecule has 226 valence electrons. The Kier molecular flexibility index (Phi) is 7.56. The molecule has 2 nitrogen and oxygen atoms in total. The Morgan fingerprint density at radius 2 is 0.959 bits per heavy atom. The highest BCUT2D eigenvalue weighted by molar-refractivity contribution is 6.71. The minimum atomic E-state index is 0.871. The number of hydrogen-bond donors (Lipinski definition) is 0. The molecule has 0 atom stereocenters. The Hall–Kier alpha value is -4.69. The van der Waals surface area contributed by atoms with Gasteiger partial charge in [-0.05, 0) is 84.9 Å². The first-order chi connectivity index (χ1) is 23.6. The molecule has 0 amide bonds. The molecule has 0 aliphatic rings. The summed E-state index contributed by atoms with van der Waals surface area (Å²) in [7, 11) is 18.6. The molecular weight excluding hydrogens is 583 g/mol. The van der Waals surface area contributed by atoms with Crippen LogP contribution in [-0.4, -0.2) is 72.3 Å². The Morgan fingerprint density at radius 3 is 1.51 bits per heavy atom. The van der Waals surface area contributed by atoms with Gasteiger partial charge in [-0.3, -0.25) is 4.57 Å². The van der Waals surface area contributed by atoms with Crippen LogP contribution in [0, 0.1) is 0 Å². The van der Waals surface area contributed by atoms with Crippen molar-refractivity contribution >= 4 is 150 Å². The lowest BCUT2D eigenvalue weighted by molar-refractivity contribution is 0.908. The average molecular weight is 619 g/mol. The SMILES string of the molecule is Bc1c(B)c(B)c2c(-c3ccc4ccccc4c3)c3c(B)c(B)c(B)c(B)c3c(-c3ccc(-n4c(CC)nc5ccccc54)cc3)c2c1B. The molecule has 0 unspecified atom stereocenters. The van der Waals surface area contributed by atoms with Gasteiger partial charge in [-0.2, -0.15) is 0 Å². The topological polar surface area (TPSA) is 17.8 Å². The van der Waals surface area contributed by atoms with E-state index >= 15 is 0 Å². The summed E-state index contributed by atoms with van der Waals surface area (Å²) in [6.45, 7) is 2.19. The maximum Gasteiger partial charge on any atom is 0.139 e. The number of rotatable bonds is 4. The molecule has 8 rings (SSSR count). The predicted octanol–water partition coefficient (Wildman–Crippen LogP) is -3.55. The van der Waals surface area contributed by atoms with Gasteiger partial charge in [-0.1, -0.05) is 89.4 Å². The summed E-state index contributed by atoms with van der Waals surface area (Å²) in [5.74, 6) is 1.08. The summed E-state index contributed by atoms with van der Waals surface area (Å²) >= 11 is 0. The highest BCUT2D eigenvalue weighted by Crippen LogP contribution is 2.41. The minimum absolute atomic E-state index is 0.871. The van der Waals surface area contributed by atoms with Crippen molar-refractivity contribution in [1.82, 2.24) is 9.55 Å². The molecule has 0 fully saturated rings. The van der Waals surface area contributed by atoms with Gasteiger partial charge in [0, 0.05) is 12.1 Å². The lowest BCUT2D eigenvalue weighted by Gasteiger charge is -2.28. The van der Waals surface area contributed by atoms with Crippen LogP contribution in [0.25, 0.3) is 71.3 Å². The average Bonchev–Trinajstić information content (AvgIpc) is 3.52. The largest absolute Gasteiger partial charge is 0.296 e. The molecule has 0 N–H and O–H groups in total. The van der Waals surface area contributed by atoms with Crippen molar-refractivity contribution in [3.8, 4) is 27.9 Å². The quantitative estimate of drug-likeness (QED) is 0.148. The number of hydrogen-bond acceptors (Lipinski definition) is 1. The van der Waals surface area contributed by atoms with E-state index in [9.17, 15) is 0 Å². The number of imidazole rings is 1. The van der Waals surface area contributed by atoms with Crippen molar-refractivity contribution < 1.29 is 0 Å². The van der Waals surface area contributed by atoms with Crippen LogP contribution in [0.4, 0.5) is 0 Å². The fraction of sp³-hybridized carbons (Fsp3) is 0.0513. The molecule has 0 aliphatic heterocycles. The van der Waals surface area contributed by atoms with Gasteiger partial charge in [0.15, 0.2) is 0 Å². The number of aryl methyl sites for hydroxylation is 1. The second-order valence-corrected chi connectivity index (χ2v) is 14.1. The van der Waals surface area contributed by atoms with Crippen LogP contribution < -0.4 is 43.7 Å². The highest BCUT2D eigenvalue weighted by atomic mass is 15.1. The van der Waals surface area contributed by atoms with E-state index in [1.54, 1.807) is 0 Å². The molecule has 0 bridgehead atoms. The lowest BCUT2D eigenvalue weighted by atomic mass is 9.59. The van der Waals surface area contributed by atoms with Crippen LogP contribution in [0.5, 0.6) is 0 Å². The monoisotopic (exact) mass is 620 g/mol. The molecule has 1 aromatic heterocycles. The molecular formula is C39H36B8N2. The van der Waals surface area contributed by atoms with E-state index in [0.29, 0.717) is 0 Å². The highest BCUT2D eigenvalue weighted by Gasteiger charge is 2.25. The Balaban J connectivity index is 1.53. The van der Waals surface area contributed by atoms with E-state index in [-0.39, 0.29) is 0 Å². The number of para-hydroxylation sites is 2. The molecule has 0 spiro atoms. The van der Waals surface area contributed by atoms with Crippen molar-refractivity contribution in [3.05, 3.63) is 96.8 Å². The third-order valence-electron chi connectivity index (χ3n) is 11.8. The fourth-order valence-electron chi connectivity index (χ4n) is 8.43. The van der Waals surface area contributed by atoms with Crippen molar-refractivity contribution in [2.45, 2.75) is 13.3 Å². The Bertz CT molecular complexity index is 2600. The number of fused-ring (bicyclic) bond motifs is 4. The van der Waals surface area contributed by atoms with Gasteiger partial charge < -0.3 is 0 Å². The first-order valence-electron chi connectivity index (χ1n) is 17.6. The molecule has 7 aromatic carbocycles. The van der Waals surface area contributed by atoms with Gasteiger partial charge >= 0.3 is 0 Å². The maximum absolute atomic E-state index is 4.97. The number of nitrogens with zero attached hydrogens (tertiary/aromatic N) is 2. The molecule has 0 radical (unpaired) electrons. The summed E-state index contributed by atoms with van der Waals surface area (Å²) in [5, 5.41) is 8.04. The molecule has 0 aliphatic carbocycles. The Labute approximate surface area is 296 Å². The first kappa shape index (κ1) is 31.6. The summed E-state index contributed by atoms with van der Waals surface area (Å²) in [6, 6.07) is 33.5. The van der Waals surface area contributed by atoms with Gasteiger partial charge in [0.1, 0.15) is 68.6 Å². The van der Waals surface area contributed by atoms with E-state index in [0.717, 1.165) is 29.0 Å². The van der Waals surface area contributed by atoms with Gasteiger partial charge in [-0.15, -0.1) is 21.9 Å². The van der Waals surface area contributed by atoms with Crippen LogP contribution in [0.15, 0.2) is 91.0 Å². The zero-order valence-electron chi connectivity index (χ0n) is 30.3. The van der Waals surface area contributed by atoms with Gasteiger partial charge in [-0.25, -0.2) is 4.98 Å². The minimum Gasteiger partial charge on any atom is -0.296 e. The third kappa shape index (κ3) is 4.63. The van der Waals surface area contributed by atoms with Crippen LogP contribution in [0.1, 0.15) is 12.7 Å². The van der Waals surface area contributed by atoms with E-state index < -0.39 is 0 Å². The van der Waals surface area contributed by atoms with E-state index in [1.165, 1.54) is 98.3 Å². The van der Waals surface area contributed by atoms with E-state index in [1.807, 2.05) is 0 Å². The van der Waals surface area contributed by atoms with Gasteiger partial charge in [0.2, 0.25) is 0 Å². The molecule has 0 saturated carbocycles. The molecule has 1 heterocycles. The zero-order chi connectivity index (χ0) is 34.3. The Morgan fingerprint density at radius 1 is 0.490 bits per heavy atom.